The van der Waals surface area contributed by atoms with E-state index in [0.717, 1.165) is 11.3 Å². The van der Waals surface area contributed by atoms with Crippen LogP contribution in [0.25, 0.3) is 0 Å². The van der Waals surface area contributed by atoms with Gasteiger partial charge in [-0.25, -0.2) is 4.39 Å². The average molecular weight is 401 g/mol. The third-order valence-electron chi connectivity index (χ3n) is 4.73. The van der Waals surface area contributed by atoms with E-state index < -0.39 is 17.8 Å². The molecule has 2 aromatic carbocycles. The third kappa shape index (κ3) is 6.02. The molecule has 0 radical (unpaired) electrons. The standard InChI is InChI=1S/C22H28FN3O3/c1-14(2)20(15-8-10-18(29-4)11-9-15)25-19(27)13-26(3)21(22(24)28)16-6-5-7-17(23)12-16/h5-12,14,20-21H,13H2,1-4H3,(H2,24,28)(H,25,27). The van der Waals surface area contributed by atoms with Gasteiger partial charge in [0, 0.05) is 0 Å². The summed E-state index contributed by atoms with van der Waals surface area (Å²) in [5, 5.41) is 3.01. The zero-order chi connectivity index (χ0) is 21.6. The fraction of sp³-hybridized carbons (Fsp3) is 0.364. The van der Waals surface area contributed by atoms with E-state index in [1.807, 2.05) is 38.1 Å². The number of hydrogen-bond acceptors (Lipinski definition) is 4. The van der Waals surface area contributed by atoms with Gasteiger partial charge in [-0.05, 0) is 48.4 Å². The highest BCUT2D eigenvalue weighted by atomic mass is 19.1. The Morgan fingerprint density at radius 2 is 1.79 bits per heavy atom. The van der Waals surface area contributed by atoms with E-state index in [2.05, 4.69) is 5.32 Å². The number of carbonyl (C=O) groups is 2. The van der Waals surface area contributed by atoms with Crippen LogP contribution in [0.4, 0.5) is 4.39 Å². The molecule has 2 unspecified atom stereocenters. The van der Waals surface area contributed by atoms with Crippen LogP contribution in [0.15, 0.2) is 48.5 Å². The van der Waals surface area contributed by atoms with Crippen LogP contribution in [0, 0.1) is 11.7 Å². The number of methoxy groups -OCH3 is 1. The van der Waals surface area contributed by atoms with Gasteiger partial charge in [-0.15, -0.1) is 0 Å². The van der Waals surface area contributed by atoms with Crippen molar-refractivity contribution in [3.63, 3.8) is 0 Å². The van der Waals surface area contributed by atoms with Gasteiger partial charge in [-0.2, -0.15) is 0 Å². The van der Waals surface area contributed by atoms with Crippen molar-refractivity contribution in [3.05, 3.63) is 65.5 Å². The van der Waals surface area contributed by atoms with Crippen molar-refractivity contribution in [2.24, 2.45) is 11.7 Å². The van der Waals surface area contributed by atoms with Gasteiger partial charge in [0.15, 0.2) is 0 Å². The minimum atomic E-state index is -0.907. The number of halogens is 1. The van der Waals surface area contributed by atoms with Gasteiger partial charge >= 0.3 is 0 Å². The molecule has 0 bridgehead atoms. The number of carbonyl (C=O) groups excluding carboxylic acids is 2. The van der Waals surface area contributed by atoms with Crippen LogP contribution >= 0.6 is 0 Å². The van der Waals surface area contributed by atoms with Crippen molar-refractivity contribution in [1.29, 1.82) is 0 Å². The summed E-state index contributed by atoms with van der Waals surface area (Å²) in [4.78, 5) is 26.2. The molecular formula is C22H28FN3O3. The molecule has 0 saturated heterocycles. The predicted molar refractivity (Wildman–Crippen MR) is 110 cm³/mol. The minimum absolute atomic E-state index is 0.0660. The highest BCUT2D eigenvalue weighted by Crippen LogP contribution is 2.24. The molecular weight excluding hydrogens is 373 g/mol. The Labute approximate surface area is 170 Å². The first-order valence-corrected chi connectivity index (χ1v) is 9.41. The van der Waals surface area contributed by atoms with Crippen LogP contribution in [0.2, 0.25) is 0 Å². The Balaban J connectivity index is 2.12. The fourth-order valence-electron chi connectivity index (χ4n) is 3.30. The molecule has 2 amide bonds. The molecule has 0 fully saturated rings. The van der Waals surface area contributed by atoms with Crippen molar-refractivity contribution >= 4 is 11.8 Å². The summed E-state index contributed by atoms with van der Waals surface area (Å²) >= 11 is 0. The summed E-state index contributed by atoms with van der Waals surface area (Å²) in [5.41, 5.74) is 6.87. The van der Waals surface area contributed by atoms with E-state index in [0.29, 0.717) is 5.56 Å². The summed E-state index contributed by atoms with van der Waals surface area (Å²) in [6, 6.07) is 12.0. The van der Waals surface area contributed by atoms with Gasteiger partial charge in [0.05, 0.1) is 19.7 Å². The number of benzene rings is 2. The van der Waals surface area contributed by atoms with Crippen molar-refractivity contribution in [1.82, 2.24) is 10.2 Å². The average Bonchev–Trinajstić information content (AvgIpc) is 2.66. The molecule has 0 aliphatic heterocycles. The molecule has 3 N–H and O–H groups in total. The zero-order valence-electron chi connectivity index (χ0n) is 17.2. The van der Waals surface area contributed by atoms with Crippen LogP contribution in [-0.2, 0) is 9.59 Å². The number of nitrogens with two attached hydrogens (primary N) is 1. The molecule has 0 aromatic heterocycles. The van der Waals surface area contributed by atoms with E-state index in [9.17, 15) is 14.0 Å². The lowest BCUT2D eigenvalue weighted by molar-refractivity contribution is -0.126. The van der Waals surface area contributed by atoms with Crippen molar-refractivity contribution in [2.75, 3.05) is 20.7 Å². The Bertz CT molecular complexity index is 839. The molecule has 0 heterocycles. The van der Waals surface area contributed by atoms with Crippen molar-refractivity contribution in [2.45, 2.75) is 25.9 Å². The second-order valence-electron chi connectivity index (χ2n) is 7.34. The molecule has 0 aliphatic carbocycles. The van der Waals surface area contributed by atoms with Gasteiger partial charge < -0.3 is 15.8 Å². The molecule has 2 aromatic rings. The van der Waals surface area contributed by atoms with Gasteiger partial charge in [0.1, 0.15) is 17.6 Å². The predicted octanol–water partition coefficient (Wildman–Crippen LogP) is 2.81. The molecule has 0 spiro atoms. The first-order valence-electron chi connectivity index (χ1n) is 9.41. The summed E-state index contributed by atoms with van der Waals surface area (Å²) in [6.45, 7) is 3.96. The molecule has 2 rings (SSSR count). The maximum Gasteiger partial charge on any atom is 0.239 e. The van der Waals surface area contributed by atoms with Crippen LogP contribution in [0.3, 0.4) is 0 Å². The van der Waals surface area contributed by atoms with E-state index in [1.165, 1.54) is 23.1 Å². The quantitative estimate of drug-likeness (QED) is 0.677. The maximum atomic E-state index is 13.6. The molecule has 6 nitrogen and oxygen atoms in total. The highest BCUT2D eigenvalue weighted by molar-refractivity contribution is 5.83. The van der Waals surface area contributed by atoms with Gasteiger partial charge in [0.2, 0.25) is 11.8 Å². The van der Waals surface area contributed by atoms with E-state index in [1.54, 1.807) is 20.2 Å². The van der Waals surface area contributed by atoms with E-state index in [-0.39, 0.29) is 24.4 Å². The Morgan fingerprint density at radius 3 is 2.31 bits per heavy atom. The molecule has 156 valence electrons. The van der Waals surface area contributed by atoms with Crippen molar-refractivity contribution < 1.29 is 18.7 Å². The fourth-order valence-corrected chi connectivity index (χ4v) is 3.30. The molecule has 2 atom stereocenters. The number of nitrogens with zero attached hydrogens (tertiary/aromatic N) is 1. The van der Waals surface area contributed by atoms with Crippen molar-refractivity contribution in [3.8, 4) is 5.75 Å². The first-order chi connectivity index (χ1) is 13.7. The highest BCUT2D eigenvalue weighted by Gasteiger charge is 2.26. The monoisotopic (exact) mass is 401 g/mol. The Kier molecular flexibility index (Phi) is 7.73. The van der Waals surface area contributed by atoms with Gasteiger partial charge in [-0.3, -0.25) is 14.5 Å². The Morgan fingerprint density at radius 1 is 1.14 bits per heavy atom. The normalized spacial score (nSPS) is 13.2. The number of hydrogen-bond donors (Lipinski definition) is 2. The van der Waals surface area contributed by atoms with Crippen LogP contribution in [-0.4, -0.2) is 37.4 Å². The van der Waals surface area contributed by atoms with Gasteiger partial charge in [0.25, 0.3) is 0 Å². The number of primary amides is 1. The Hall–Kier alpha value is -2.93. The first kappa shape index (κ1) is 22.4. The SMILES string of the molecule is COc1ccc(C(NC(=O)CN(C)C(C(N)=O)c2cccc(F)c2)C(C)C)cc1. The van der Waals surface area contributed by atoms with E-state index in [4.69, 9.17) is 10.5 Å². The third-order valence-corrected chi connectivity index (χ3v) is 4.73. The summed E-state index contributed by atoms with van der Waals surface area (Å²) in [7, 11) is 3.21. The second kappa shape index (κ2) is 10.0. The number of amides is 2. The lowest BCUT2D eigenvalue weighted by atomic mass is 9.96. The lowest BCUT2D eigenvalue weighted by Crippen LogP contribution is -2.43. The zero-order valence-corrected chi connectivity index (χ0v) is 17.2. The summed E-state index contributed by atoms with van der Waals surface area (Å²) < 4.78 is 18.7. The molecule has 0 aliphatic rings. The van der Waals surface area contributed by atoms with E-state index >= 15 is 0 Å². The summed E-state index contributed by atoms with van der Waals surface area (Å²) in [6.07, 6.45) is 0. The molecule has 0 saturated carbocycles. The summed E-state index contributed by atoms with van der Waals surface area (Å²) in [5.74, 6) is -0.494. The van der Waals surface area contributed by atoms with Crippen LogP contribution < -0.4 is 15.8 Å². The molecule has 7 heteroatoms. The lowest BCUT2D eigenvalue weighted by Gasteiger charge is -2.28. The van der Waals surface area contributed by atoms with Crippen LogP contribution in [0.1, 0.15) is 37.1 Å². The van der Waals surface area contributed by atoms with Gasteiger partial charge in [-0.1, -0.05) is 38.1 Å². The van der Waals surface area contributed by atoms with Crippen LogP contribution in [0.5, 0.6) is 5.75 Å². The minimum Gasteiger partial charge on any atom is -0.497 e. The largest absolute Gasteiger partial charge is 0.497 e. The molecule has 29 heavy (non-hydrogen) atoms. The topological polar surface area (TPSA) is 84.7 Å². The number of rotatable bonds is 9. The second-order valence-corrected chi connectivity index (χ2v) is 7.34. The number of ether oxygens (including phenoxy) is 1. The number of likely N-dealkylation sites (N-methyl/N-ethyl adjacent to an activating group) is 1. The maximum absolute atomic E-state index is 13.6. The smallest absolute Gasteiger partial charge is 0.239 e. The number of nitrogens with one attached hydrogen (secondary N) is 1.